The molecule has 3 rings (SSSR count). The van der Waals surface area contributed by atoms with Gasteiger partial charge in [0.2, 0.25) is 0 Å². The Labute approximate surface area is 148 Å². The molecule has 0 saturated carbocycles. The Bertz CT molecular complexity index is 788. The number of aromatic nitrogens is 1. The number of aryl methyl sites for hydroxylation is 1. The molecule has 0 aliphatic carbocycles. The van der Waals surface area contributed by atoms with Crippen molar-refractivity contribution in [2.45, 2.75) is 26.7 Å². The zero-order chi connectivity index (χ0) is 17.8. The number of rotatable bonds is 3. The summed E-state index contributed by atoms with van der Waals surface area (Å²) in [6.45, 7) is 5.67. The molecule has 1 N–H and O–H groups in total. The molecule has 5 heteroatoms. The summed E-state index contributed by atoms with van der Waals surface area (Å²) in [6, 6.07) is 10.8. The first-order valence-corrected chi connectivity index (χ1v) is 8.66. The van der Waals surface area contributed by atoms with Crippen molar-refractivity contribution in [3.63, 3.8) is 0 Å². The minimum absolute atomic E-state index is 0.0291. The van der Waals surface area contributed by atoms with Crippen LogP contribution < -0.4 is 5.32 Å². The third-order valence-corrected chi connectivity index (χ3v) is 4.46. The third-order valence-electron chi connectivity index (χ3n) is 4.46. The highest BCUT2D eigenvalue weighted by atomic mass is 16.2. The predicted molar refractivity (Wildman–Crippen MR) is 97.7 cm³/mol. The molecule has 2 amide bonds. The molecule has 1 aliphatic heterocycles. The van der Waals surface area contributed by atoms with Gasteiger partial charge in [0.05, 0.1) is 0 Å². The van der Waals surface area contributed by atoms with Crippen LogP contribution in [0.1, 0.15) is 46.2 Å². The van der Waals surface area contributed by atoms with Crippen LogP contribution in [0.4, 0.5) is 5.69 Å². The smallest absolute Gasteiger partial charge is 0.274 e. The zero-order valence-electron chi connectivity index (χ0n) is 14.7. The summed E-state index contributed by atoms with van der Waals surface area (Å²) in [5.74, 6) is 0.175. The number of nitrogens with one attached hydrogen (secondary N) is 1. The van der Waals surface area contributed by atoms with Crippen molar-refractivity contribution in [1.82, 2.24) is 9.88 Å². The molecule has 1 aromatic carbocycles. The van der Waals surface area contributed by atoms with Crippen molar-refractivity contribution in [2.75, 3.05) is 18.4 Å². The van der Waals surface area contributed by atoms with E-state index in [1.807, 2.05) is 36.1 Å². The molecule has 0 spiro atoms. The molecule has 130 valence electrons. The number of hydrogen-bond acceptors (Lipinski definition) is 3. The number of hydrogen-bond donors (Lipinski definition) is 1. The number of anilines is 1. The maximum Gasteiger partial charge on any atom is 0.274 e. The van der Waals surface area contributed by atoms with Gasteiger partial charge in [0.25, 0.3) is 11.8 Å². The van der Waals surface area contributed by atoms with Crippen molar-refractivity contribution < 1.29 is 9.59 Å². The van der Waals surface area contributed by atoms with E-state index in [1.54, 1.807) is 12.1 Å². The van der Waals surface area contributed by atoms with Crippen molar-refractivity contribution >= 4 is 17.5 Å². The summed E-state index contributed by atoms with van der Waals surface area (Å²) in [5, 5.41) is 2.83. The quantitative estimate of drug-likeness (QED) is 0.932. The van der Waals surface area contributed by atoms with Gasteiger partial charge in [-0.05, 0) is 55.5 Å². The Balaban J connectivity index is 1.74. The van der Waals surface area contributed by atoms with Crippen molar-refractivity contribution in [2.24, 2.45) is 5.92 Å². The second-order valence-electron chi connectivity index (χ2n) is 6.75. The first-order valence-electron chi connectivity index (χ1n) is 8.66. The van der Waals surface area contributed by atoms with Crippen LogP contribution in [0.25, 0.3) is 0 Å². The van der Waals surface area contributed by atoms with Gasteiger partial charge in [-0.3, -0.25) is 14.6 Å². The summed E-state index contributed by atoms with van der Waals surface area (Å²) in [4.78, 5) is 31.1. The van der Waals surface area contributed by atoms with E-state index in [0.717, 1.165) is 31.5 Å². The van der Waals surface area contributed by atoms with E-state index < -0.39 is 0 Å². The second-order valence-corrected chi connectivity index (χ2v) is 6.75. The van der Waals surface area contributed by atoms with Crippen LogP contribution in [0.5, 0.6) is 0 Å². The van der Waals surface area contributed by atoms with Gasteiger partial charge in [-0.25, -0.2) is 0 Å². The second kappa shape index (κ2) is 7.47. The highest BCUT2D eigenvalue weighted by Crippen LogP contribution is 2.18. The largest absolute Gasteiger partial charge is 0.338 e. The first kappa shape index (κ1) is 17.1. The maximum absolute atomic E-state index is 12.7. The summed E-state index contributed by atoms with van der Waals surface area (Å²) in [5.41, 5.74) is 2.54. The van der Waals surface area contributed by atoms with E-state index >= 15 is 0 Å². The van der Waals surface area contributed by atoms with Crippen LogP contribution in [0.2, 0.25) is 0 Å². The lowest BCUT2D eigenvalue weighted by Gasteiger charge is -2.31. The maximum atomic E-state index is 12.7. The average molecular weight is 337 g/mol. The van der Waals surface area contributed by atoms with Gasteiger partial charge < -0.3 is 10.2 Å². The fraction of sp³-hybridized carbons (Fsp3) is 0.350. The summed E-state index contributed by atoms with van der Waals surface area (Å²) >= 11 is 0. The fourth-order valence-corrected chi connectivity index (χ4v) is 3.16. The number of amides is 2. The molecule has 0 radical (unpaired) electrons. The van der Waals surface area contributed by atoms with Crippen molar-refractivity contribution in [3.8, 4) is 0 Å². The van der Waals surface area contributed by atoms with E-state index in [1.165, 1.54) is 6.20 Å². The summed E-state index contributed by atoms with van der Waals surface area (Å²) in [6.07, 6.45) is 3.70. The first-order chi connectivity index (χ1) is 12.0. The third kappa shape index (κ3) is 4.24. The average Bonchev–Trinajstić information content (AvgIpc) is 2.61. The highest BCUT2D eigenvalue weighted by molar-refractivity contribution is 6.04. The van der Waals surface area contributed by atoms with Crippen LogP contribution in [0, 0.1) is 12.8 Å². The summed E-state index contributed by atoms with van der Waals surface area (Å²) in [7, 11) is 0. The van der Waals surface area contributed by atoms with Crippen LogP contribution in [0.15, 0.2) is 42.6 Å². The number of benzene rings is 1. The van der Waals surface area contributed by atoms with Gasteiger partial charge in [0.15, 0.2) is 0 Å². The van der Waals surface area contributed by atoms with E-state index in [-0.39, 0.29) is 17.5 Å². The number of carbonyl (C=O) groups is 2. The molecule has 1 fully saturated rings. The molecule has 2 aromatic rings. The van der Waals surface area contributed by atoms with E-state index in [9.17, 15) is 9.59 Å². The molecule has 1 aliphatic rings. The number of likely N-dealkylation sites (tertiary alicyclic amines) is 1. The topological polar surface area (TPSA) is 62.3 Å². The Morgan fingerprint density at radius 1 is 1.24 bits per heavy atom. The van der Waals surface area contributed by atoms with Crippen LogP contribution in [-0.2, 0) is 0 Å². The van der Waals surface area contributed by atoms with Gasteiger partial charge >= 0.3 is 0 Å². The molecule has 0 bridgehead atoms. The van der Waals surface area contributed by atoms with Gasteiger partial charge in [-0.2, -0.15) is 0 Å². The molecule has 1 unspecified atom stereocenters. The Hall–Kier alpha value is -2.69. The fourth-order valence-electron chi connectivity index (χ4n) is 3.16. The number of piperidine rings is 1. The van der Waals surface area contributed by atoms with Crippen molar-refractivity contribution in [1.29, 1.82) is 0 Å². The van der Waals surface area contributed by atoms with Crippen LogP contribution in [0.3, 0.4) is 0 Å². The molecule has 5 nitrogen and oxygen atoms in total. The molecule has 1 saturated heterocycles. The molecular weight excluding hydrogens is 314 g/mol. The minimum atomic E-state index is -0.313. The predicted octanol–water partition coefficient (Wildman–Crippen LogP) is 3.51. The molecule has 1 aromatic heterocycles. The number of carbonyl (C=O) groups excluding carboxylic acids is 2. The zero-order valence-corrected chi connectivity index (χ0v) is 14.7. The molecule has 2 heterocycles. The highest BCUT2D eigenvalue weighted by Gasteiger charge is 2.22. The van der Waals surface area contributed by atoms with E-state index in [4.69, 9.17) is 0 Å². The Morgan fingerprint density at radius 3 is 2.84 bits per heavy atom. The monoisotopic (exact) mass is 337 g/mol. The molecular formula is C20H23N3O2. The number of pyridine rings is 1. The van der Waals surface area contributed by atoms with Gasteiger partial charge in [0.1, 0.15) is 5.69 Å². The van der Waals surface area contributed by atoms with E-state index in [2.05, 4.69) is 17.2 Å². The Kier molecular flexibility index (Phi) is 5.12. The van der Waals surface area contributed by atoms with E-state index in [0.29, 0.717) is 17.2 Å². The lowest BCUT2D eigenvalue weighted by molar-refractivity contribution is 0.0683. The SMILES string of the molecule is Cc1cccc(NC(=O)c2cc(C(=O)N3CCCC(C)C3)ccn2)c1. The molecule has 25 heavy (non-hydrogen) atoms. The lowest BCUT2D eigenvalue weighted by Crippen LogP contribution is -2.39. The lowest BCUT2D eigenvalue weighted by atomic mass is 9.99. The summed E-state index contributed by atoms with van der Waals surface area (Å²) < 4.78 is 0. The van der Waals surface area contributed by atoms with Gasteiger partial charge in [0, 0.05) is 30.5 Å². The minimum Gasteiger partial charge on any atom is -0.338 e. The van der Waals surface area contributed by atoms with Gasteiger partial charge in [-0.1, -0.05) is 19.1 Å². The van der Waals surface area contributed by atoms with Crippen LogP contribution >= 0.6 is 0 Å². The van der Waals surface area contributed by atoms with Crippen molar-refractivity contribution in [3.05, 3.63) is 59.4 Å². The Morgan fingerprint density at radius 2 is 2.08 bits per heavy atom. The molecule has 1 atom stereocenters. The number of nitrogens with zero attached hydrogens (tertiary/aromatic N) is 2. The van der Waals surface area contributed by atoms with Gasteiger partial charge in [-0.15, -0.1) is 0 Å². The normalized spacial score (nSPS) is 17.2. The standard InChI is InChI=1S/C20H23N3O2/c1-14-5-3-7-17(11-14)22-19(24)18-12-16(8-9-21-18)20(25)23-10-4-6-15(2)13-23/h3,5,7-9,11-12,15H,4,6,10,13H2,1-2H3,(H,22,24). The van der Waals surface area contributed by atoms with Crippen LogP contribution in [-0.4, -0.2) is 34.8 Å².